The van der Waals surface area contributed by atoms with Gasteiger partial charge in [0.05, 0.1) is 0 Å². The molecule has 0 aliphatic rings. The lowest BCUT2D eigenvalue weighted by Gasteiger charge is -2.15. The van der Waals surface area contributed by atoms with Crippen LogP contribution in [0.5, 0.6) is 0 Å². The molecule has 2 heterocycles. The van der Waals surface area contributed by atoms with Crippen molar-refractivity contribution in [1.29, 1.82) is 0 Å². The fraction of sp³-hybridized carbons (Fsp3) is 0.417. The fourth-order valence-electron chi connectivity index (χ4n) is 1.92. The lowest BCUT2D eigenvalue weighted by molar-refractivity contribution is 0.500. The standard InChI is InChI=1S/C12H18N4S/c1-2-16-5-4-14-12(16)8-11(15-13)7-10-3-6-17-9-10/h3-6,9,11,15H,2,7-8,13H2,1H3. The average Bonchev–Trinajstić information content (AvgIpc) is 2.99. The van der Waals surface area contributed by atoms with Gasteiger partial charge in [0.15, 0.2) is 0 Å². The lowest BCUT2D eigenvalue weighted by atomic mass is 10.1. The molecule has 0 saturated carbocycles. The first-order valence-corrected chi connectivity index (χ1v) is 6.75. The van der Waals surface area contributed by atoms with Gasteiger partial charge >= 0.3 is 0 Å². The summed E-state index contributed by atoms with van der Waals surface area (Å²) >= 11 is 1.72. The van der Waals surface area contributed by atoms with Crippen molar-refractivity contribution in [2.45, 2.75) is 32.4 Å². The molecule has 0 fully saturated rings. The molecule has 92 valence electrons. The second-order valence-corrected chi connectivity index (χ2v) is 4.81. The number of aromatic nitrogens is 2. The van der Waals surface area contributed by atoms with Crippen molar-refractivity contribution in [2.75, 3.05) is 0 Å². The minimum atomic E-state index is 0.234. The Morgan fingerprint density at radius 1 is 1.53 bits per heavy atom. The minimum Gasteiger partial charge on any atom is -0.335 e. The SMILES string of the molecule is CCn1ccnc1CC(Cc1ccsc1)NN. The van der Waals surface area contributed by atoms with Crippen LogP contribution in [0.15, 0.2) is 29.2 Å². The number of nitrogens with zero attached hydrogens (tertiary/aromatic N) is 2. The third-order valence-electron chi connectivity index (χ3n) is 2.87. The first-order valence-electron chi connectivity index (χ1n) is 5.80. The first kappa shape index (κ1) is 12.3. The van der Waals surface area contributed by atoms with Crippen LogP contribution in [-0.2, 0) is 19.4 Å². The van der Waals surface area contributed by atoms with E-state index in [9.17, 15) is 0 Å². The third kappa shape index (κ3) is 3.15. The number of thiophene rings is 1. The van der Waals surface area contributed by atoms with E-state index in [1.807, 2.05) is 12.4 Å². The van der Waals surface area contributed by atoms with Gasteiger partial charge in [0.2, 0.25) is 0 Å². The molecule has 0 aliphatic carbocycles. The van der Waals surface area contributed by atoms with Crippen molar-refractivity contribution < 1.29 is 0 Å². The van der Waals surface area contributed by atoms with Gasteiger partial charge in [0, 0.05) is 31.4 Å². The zero-order valence-corrected chi connectivity index (χ0v) is 10.8. The van der Waals surface area contributed by atoms with Crippen molar-refractivity contribution in [1.82, 2.24) is 15.0 Å². The highest BCUT2D eigenvalue weighted by Gasteiger charge is 2.12. The molecule has 2 aromatic rings. The Kier molecular flexibility index (Phi) is 4.30. The van der Waals surface area contributed by atoms with Crippen LogP contribution in [0.25, 0.3) is 0 Å². The third-order valence-corrected chi connectivity index (χ3v) is 3.60. The summed E-state index contributed by atoms with van der Waals surface area (Å²) in [7, 11) is 0. The molecule has 3 N–H and O–H groups in total. The van der Waals surface area contributed by atoms with Crippen LogP contribution >= 0.6 is 11.3 Å². The van der Waals surface area contributed by atoms with E-state index in [0.29, 0.717) is 0 Å². The normalized spacial score (nSPS) is 12.8. The maximum absolute atomic E-state index is 5.61. The van der Waals surface area contributed by atoms with E-state index in [0.717, 1.165) is 25.2 Å². The van der Waals surface area contributed by atoms with Crippen molar-refractivity contribution in [3.05, 3.63) is 40.6 Å². The molecule has 0 bridgehead atoms. The largest absolute Gasteiger partial charge is 0.335 e. The summed E-state index contributed by atoms with van der Waals surface area (Å²) in [6.07, 6.45) is 5.65. The number of nitrogens with one attached hydrogen (secondary N) is 1. The molecule has 17 heavy (non-hydrogen) atoms. The fourth-order valence-corrected chi connectivity index (χ4v) is 2.60. The molecular formula is C12H18N4S. The van der Waals surface area contributed by atoms with Gasteiger partial charge in [-0.2, -0.15) is 11.3 Å². The van der Waals surface area contributed by atoms with E-state index in [4.69, 9.17) is 5.84 Å². The maximum atomic E-state index is 5.61. The van der Waals surface area contributed by atoms with E-state index in [1.54, 1.807) is 11.3 Å². The van der Waals surface area contributed by atoms with Crippen molar-refractivity contribution >= 4 is 11.3 Å². The summed E-state index contributed by atoms with van der Waals surface area (Å²) in [5, 5.41) is 4.26. The number of rotatable bonds is 6. The summed E-state index contributed by atoms with van der Waals surface area (Å²) in [6, 6.07) is 2.37. The zero-order chi connectivity index (χ0) is 12.1. The van der Waals surface area contributed by atoms with E-state index in [2.05, 4.69) is 38.7 Å². The van der Waals surface area contributed by atoms with Crippen molar-refractivity contribution in [2.24, 2.45) is 5.84 Å². The van der Waals surface area contributed by atoms with E-state index in [-0.39, 0.29) is 6.04 Å². The van der Waals surface area contributed by atoms with Gasteiger partial charge < -0.3 is 4.57 Å². The predicted octanol–water partition coefficient (Wildman–Crippen LogP) is 1.58. The Labute approximate surface area is 105 Å². The van der Waals surface area contributed by atoms with Crippen LogP contribution in [0.4, 0.5) is 0 Å². The number of nitrogens with two attached hydrogens (primary N) is 1. The van der Waals surface area contributed by atoms with Crippen molar-refractivity contribution in [3.8, 4) is 0 Å². The van der Waals surface area contributed by atoms with E-state index >= 15 is 0 Å². The van der Waals surface area contributed by atoms with Crippen LogP contribution in [0.3, 0.4) is 0 Å². The predicted molar refractivity (Wildman–Crippen MR) is 70.7 cm³/mol. The molecular weight excluding hydrogens is 232 g/mol. The number of hydrogen-bond acceptors (Lipinski definition) is 4. The number of imidazole rings is 1. The Morgan fingerprint density at radius 3 is 3.06 bits per heavy atom. The van der Waals surface area contributed by atoms with Gasteiger partial charge in [-0.1, -0.05) is 0 Å². The highest BCUT2D eigenvalue weighted by molar-refractivity contribution is 7.07. The molecule has 2 rings (SSSR count). The summed E-state index contributed by atoms with van der Waals surface area (Å²) in [5.74, 6) is 6.70. The molecule has 0 spiro atoms. The molecule has 0 saturated heterocycles. The summed E-state index contributed by atoms with van der Waals surface area (Å²) in [5.41, 5.74) is 4.21. The molecule has 0 amide bonds. The lowest BCUT2D eigenvalue weighted by Crippen LogP contribution is -2.39. The Bertz CT molecular complexity index is 435. The molecule has 0 radical (unpaired) electrons. The van der Waals surface area contributed by atoms with Gasteiger partial charge in [-0.15, -0.1) is 0 Å². The van der Waals surface area contributed by atoms with Crippen LogP contribution in [0.1, 0.15) is 18.3 Å². The van der Waals surface area contributed by atoms with E-state index in [1.165, 1.54) is 5.56 Å². The molecule has 2 aromatic heterocycles. The average molecular weight is 250 g/mol. The second kappa shape index (κ2) is 5.95. The highest BCUT2D eigenvalue weighted by atomic mass is 32.1. The van der Waals surface area contributed by atoms with Crippen LogP contribution in [0, 0.1) is 0 Å². The molecule has 1 atom stereocenters. The molecule has 0 aliphatic heterocycles. The first-order chi connectivity index (χ1) is 8.33. The Morgan fingerprint density at radius 2 is 2.41 bits per heavy atom. The second-order valence-electron chi connectivity index (χ2n) is 4.03. The molecule has 0 aromatic carbocycles. The van der Waals surface area contributed by atoms with E-state index < -0.39 is 0 Å². The summed E-state index contributed by atoms with van der Waals surface area (Å²) in [6.45, 7) is 3.07. The summed E-state index contributed by atoms with van der Waals surface area (Å²) < 4.78 is 2.15. The minimum absolute atomic E-state index is 0.234. The zero-order valence-electron chi connectivity index (χ0n) is 9.97. The quantitative estimate of drug-likeness (QED) is 0.604. The van der Waals surface area contributed by atoms with Gasteiger partial charge in [-0.25, -0.2) is 4.98 Å². The monoisotopic (exact) mass is 250 g/mol. The van der Waals surface area contributed by atoms with Crippen molar-refractivity contribution in [3.63, 3.8) is 0 Å². The Hall–Kier alpha value is -1.17. The van der Waals surface area contributed by atoms with Crippen LogP contribution in [-0.4, -0.2) is 15.6 Å². The number of aryl methyl sites for hydroxylation is 1. The highest BCUT2D eigenvalue weighted by Crippen LogP contribution is 2.11. The number of hydrogen-bond donors (Lipinski definition) is 2. The number of hydrazine groups is 1. The van der Waals surface area contributed by atoms with Crippen LogP contribution in [0.2, 0.25) is 0 Å². The van der Waals surface area contributed by atoms with Gasteiger partial charge in [0.25, 0.3) is 0 Å². The molecule has 1 unspecified atom stereocenters. The maximum Gasteiger partial charge on any atom is 0.110 e. The van der Waals surface area contributed by atoms with Gasteiger partial charge in [-0.3, -0.25) is 11.3 Å². The van der Waals surface area contributed by atoms with Crippen LogP contribution < -0.4 is 11.3 Å². The molecule has 4 nitrogen and oxygen atoms in total. The Balaban J connectivity index is 2.00. The topological polar surface area (TPSA) is 55.9 Å². The summed E-state index contributed by atoms with van der Waals surface area (Å²) in [4.78, 5) is 4.37. The smallest absolute Gasteiger partial charge is 0.110 e. The molecule has 5 heteroatoms. The van der Waals surface area contributed by atoms with Gasteiger partial charge in [0.1, 0.15) is 5.82 Å². The van der Waals surface area contributed by atoms with Gasteiger partial charge in [-0.05, 0) is 35.7 Å².